The van der Waals surface area contributed by atoms with Crippen LogP contribution in [0.15, 0.2) is 11.1 Å². The molecule has 0 saturated carbocycles. The van der Waals surface area contributed by atoms with Gasteiger partial charge < -0.3 is 4.74 Å². The summed E-state index contributed by atoms with van der Waals surface area (Å²) in [4.78, 5) is -0.300. The van der Waals surface area contributed by atoms with Crippen molar-refractivity contribution in [3.63, 3.8) is 0 Å². The average Bonchev–Trinajstić information content (AvgIpc) is 2.56. The Morgan fingerprint density at radius 1 is 1.50 bits per heavy atom. The Hall–Kier alpha value is -0.730. The first-order valence-electron chi connectivity index (χ1n) is 5.11. The summed E-state index contributed by atoms with van der Waals surface area (Å²) < 4.78 is 53.3. The van der Waals surface area contributed by atoms with Crippen molar-refractivity contribution >= 4 is 19.7 Å². The van der Waals surface area contributed by atoms with Gasteiger partial charge in [-0.05, 0) is 13.8 Å². The zero-order valence-corrected chi connectivity index (χ0v) is 11.4. The summed E-state index contributed by atoms with van der Waals surface area (Å²) in [5.74, 6) is 0. The number of ether oxygens (including phenoxy) is 1. The van der Waals surface area contributed by atoms with E-state index in [-0.39, 0.29) is 23.3 Å². The minimum absolute atomic E-state index is 0.0269. The number of aromatic nitrogens is 2. The Kier molecular flexibility index (Phi) is 5.06. The maximum atomic E-state index is 12.3. The second-order valence-electron chi connectivity index (χ2n) is 3.83. The molecular formula is C9H13ClF2N2O3S. The molecule has 0 radical (unpaired) electrons. The molecule has 0 N–H and O–H groups in total. The van der Waals surface area contributed by atoms with Gasteiger partial charge in [0, 0.05) is 10.7 Å². The SMILES string of the molecule is CC(C)OCc1c(S(=O)(=O)Cl)cnn1CC(F)F. The van der Waals surface area contributed by atoms with Crippen molar-refractivity contribution in [2.75, 3.05) is 0 Å². The standard InChI is InChI=1S/C9H13ClF2N2O3S/c1-6(2)17-5-7-8(18(10,15)16)3-13-14(7)4-9(11)12/h3,6,9H,4-5H2,1-2H3. The smallest absolute Gasteiger partial charge is 0.264 e. The van der Waals surface area contributed by atoms with Gasteiger partial charge in [0.05, 0.1) is 24.6 Å². The van der Waals surface area contributed by atoms with Gasteiger partial charge in [-0.15, -0.1) is 0 Å². The second-order valence-corrected chi connectivity index (χ2v) is 6.36. The summed E-state index contributed by atoms with van der Waals surface area (Å²) in [5.41, 5.74) is 0.0269. The molecule has 1 aromatic rings. The van der Waals surface area contributed by atoms with Crippen molar-refractivity contribution in [2.45, 2.75) is 44.4 Å². The molecule has 0 aliphatic heterocycles. The molecule has 9 heteroatoms. The molecule has 1 rings (SSSR count). The minimum Gasteiger partial charge on any atom is -0.372 e. The molecule has 18 heavy (non-hydrogen) atoms. The first-order chi connectivity index (χ1) is 8.21. The van der Waals surface area contributed by atoms with Crippen molar-refractivity contribution in [1.29, 1.82) is 0 Å². The minimum atomic E-state index is -4.03. The Morgan fingerprint density at radius 3 is 2.56 bits per heavy atom. The van der Waals surface area contributed by atoms with E-state index in [0.717, 1.165) is 10.9 Å². The van der Waals surface area contributed by atoms with Crippen LogP contribution in [0.3, 0.4) is 0 Å². The van der Waals surface area contributed by atoms with Gasteiger partial charge in [-0.3, -0.25) is 4.68 Å². The molecule has 104 valence electrons. The van der Waals surface area contributed by atoms with E-state index < -0.39 is 22.0 Å². The lowest BCUT2D eigenvalue weighted by atomic mass is 10.4. The van der Waals surface area contributed by atoms with E-state index in [4.69, 9.17) is 15.4 Å². The molecule has 0 aliphatic rings. The van der Waals surface area contributed by atoms with E-state index in [0.29, 0.717) is 0 Å². The van der Waals surface area contributed by atoms with Gasteiger partial charge in [0.15, 0.2) is 0 Å². The Balaban J connectivity index is 3.09. The van der Waals surface area contributed by atoms with Gasteiger partial charge >= 0.3 is 0 Å². The lowest BCUT2D eigenvalue weighted by molar-refractivity contribution is 0.0559. The first-order valence-corrected chi connectivity index (χ1v) is 7.42. The van der Waals surface area contributed by atoms with Crippen molar-refractivity contribution in [1.82, 2.24) is 9.78 Å². The molecule has 0 fully saturated rings. The lowest BCUT2D eigenvalue weighted by Crippen LogP contribution is -2.15. The zero-order valence-electron chi connectivity index (χ0n) is 9.81. The highest BCUT2D eigenvalue weighted by molar-refractivity contribution is 8.13. The van der Waals surface area contributed by atoms with Crippen LogP contribution in [-0.2, 0) is 26.9 Å². The summed E-state index contributed by atoms with van der Waals surface area (Å²) in [6.07, 6.45) is -1.87. The van der Waals surface area contributed by atoms with E-state index >= 15 is 0 Å². The van der Waals surface area contributed by atoms with Crippen LogP contribution in [-0.4, -0.2) is 30.7 Å². The molecule has 0 spiro atoms. The molecule has 0 saturated heterocycles. The quantitative estimate of drug-likeness (QED) is 0.754. The Bertz CT molecular complexity index is 502. The van der Waals surface area contributed by atoms with Gasteiger partial charge in [0.2, 0.25) is 0 Å². The van der Waals surface area contributed by atoms with Gasteiger partial charge in [-0.2, -0.15) is 5.10 Å². The molecule has 0 atom stereocenters. The second kappa shape index (κ2) is 5.94. The summed E-state index contributed by atoms with van der Waals surface area (Å²) >= 11 is 0. The van der Waals surface area contributed by atoms with Crippen molar-refractivity contribution in [3.05, 3.63) is 11.9 Å². The van der Waals surface area contributed by atoms with Crippen molar-refractivity contribution < 1.29 is 21.9 Å². The maximum absolute atomic E-state index is 12.3. The van der Waals surface area contributed by atoms with E-state index in [2.05, 4.69) is 5.10 Å². The van der Waals surface area contributed by atoms with E-state index in [1.165, 1.54) is 0 Å². The van der Waals surface area contributed by atoms with Gasteiger partial charge in [-0.1, -0.05) is 0 Å². The fourth-order valence-electron chi connectivity index (χ4n) is 1.28. The normalized spacial score (nSPS) is 12.6. The molecule has 0 aromatic carbocycles. The van der Waals surface area contributed by atoms with Crippen LogP contribution in [0, 0.1) is 0 Å². The van der Waals surface area contributed by atoms with E-state index in [9.17, 15) is 17.2 Å². The van der Waals surface area contributed by atoms with Crippen LogP contribution < -0.4 is 0 Å². The average molecular weight is 303 g/mol. The predicted molar refractivity (Wildman–Crippen MR) is 61.2 cm³/mol. The number of halogens is 3. The number of nitrogens with zero attached hydrogens (tertiary/aromatic N) is 2. The largest absolute Gasteiger partial charge is 0.372 e. The fourth-order valence-corrected chi connectivity index (χ4v) is 2.28. The van der Waals surface area contributed by atoms with E-state index in [1.807, 2.05) is 0 Å². The number of hydrogen-bond donors (Lipinski definition) is 0. The van der Waals surface area contributed by atoms with Gasteiger partial charge in [-0.25, -0.2) is 17.2 Å². The summed E-state index contributed by atoms with van der Waals surface area (Å²) in [5, 5.41) is 3.59. The molecule has 0 bridgehead atoms. The summed E-state index contributed by atoms with van der Waals surface area (Å²) in [6.45, 7) is 2.63. The fraction of sp³-hybridized carbons (Fsp3) is 0.667. The number of hydrogen-bond acceptors (Lipinski definition) is 4. The highest BCUT2D eigenvalue weighted by Crippen LogP contribution is 2.21. The molecule has 1 aromatic heterocycles. The van der Waals surface area contributed by atoms with Gasteiger partial charge in [0.25, 0.3) is 15.5 Å². The zero-order chi connectivity index (χ0) is 13.9. The maximum Gasteiger partial charge on any atom is 0.264 e. The number of alkyl halides is 2. The van der Waals surface area contributed by atoms with E-state index in [1.54, 1.807) is 13.8 Å². The highest BCUT2D eigenvalue weighted by atomic mass is 35.7. The topological polar surface area (TPSA) is 61.2 Å². The monoisotopic (exact) mass is 302 g/mol. The highest BCUT2D eigenvalue weighted by Gasteiger charge is 2.22. The van der Waals surface area contributed by atoms with Crippen LogP contribution in [0.4, 0.5) is 8.78 Å². The third kappa shape index (κ3) is 4.18. The van der Waals surface area contributed by atoms with Crippen LogP contribution >= 0.6 is 10.7 Å². The van der Waals surface area contributed by atoms with Crippen LogP contribution in [0.5, 0.6) is 0 Å². The number of rotatable bonds is 6. The molecular weight excluding hydrogens is 290 g/mol. The van der Waals surface area contributed by atoms with Crippen LogP contribution in [0.2, 0.25) is 0 Å². The summed E-state index contributed by atoms with van der Waals surface area (Å²) in [7, 11) is 1.17. The third-order valence-electron chi connectivity index (χ3n) is 2.04. The Labute approximate surface area is 108 Å². The lowest BCUT2D eigenvalue weighted by Gasteiger charge is -2.11. The molecule has 0 unspecified atom stereocenters. The summed E-state index contributed by atoms with van der Waals surface area (Å²) in [6, 6.07) is 0. The van der Waals surface area contributed by atoms with Gasteiger partial charge in [0.1, 0.15) is 11.4 Å². The van der Waals surface area contributed by atoms with Crippen molar-refractivity contribution in [3.8, 4) is 0 Å². The van der Waals surface area contributed by atoms with Crippen LogP contribution in [0.1, 0.15) is 19.5 Å². The first kappa shape index (κ1) is 15.3. The predicted octanol–water partition coefficient (Wildman–Crippen LogP) is 2.00. The third-order valence-corrected chi connectivity index (χ3v) is 3.40. The molecule has 1 heterocycles. The molecule has 0 aliphatic carbocycles. The van der Waals surface area contributed by atoms with Crippen LogP contribution in [0.25, 0.3) is 0 Å². The molecule has 5 nitrogen and oxygen atoms in total. The van der Waals surface area contributed by atoms with Crippen molar-refractivity contribution in [2.24, 2.45) is 0 Å². The Morgan fingerprint density at radius 2 is 2.11 bits per heavy atom. The molecule has 0 amide bonds.